The lowest BCUT2D eigenvalue weighted by Gasteiger charge is -2.06. The minimum absolute atomic E-state index is 0. The molecule has 1 heterocycles. The van der Waals surface area contributed by atoms with Crippen molar-refractivity contribution in [3.05, 3.63) is 23.3 Å². The van der Waals surface area contributed by atoms with Crippen molar-refractivity contribution in [1.82, 2.24) is 0 Å². The zero-order chi connectivity index (χ0) is 19.6. The van der Waals surface area contributed by atoms with E-state index < -0.39 is 10.1 Å². The van der Waals surface area contributed by atoms with Crippen molar-refractivity contribution < 1.29 is 22.8 Å². The normalized spacial score (nSPS) is 14.4. The minimum Gasteiger partial charge on any atom is -0.748 e. The summed E-state index contributed by atoms with van der Waals surface area (Å²) in [7, 11) is -3.50. The molecule has 1 aromatic rings. The van der Waals surface area contributed by atoms with Gasteiger partial charge >= 0.3 is 0 Å². The summed E-state index contributed by atoms with van der Waals surface area (Å²) in [4.78, 5) is 1.45. The average Bonchev–Trinajstić information content (AvgIpc) is 3.09. The van der Waals surface area contributed by atoms with Crippen LogP contribution in [0.2, 0.25) is 0 Å². The quantitative estimate of drug-likeness (QED) is 0.370. The van der Waals surface area contributed by atoms with Gasteiger partial charge in [0.15, 0.2) is 4.90 Å². The summed E-state index contributed by atoms with van der Waals surface area (Å²) in [6, 6.07) is 4.33. The third-order valence-corrected chi connectivity index (χ3v) is 7.83. The third kappa shape index (κ3) is 11.0. The molecule has 1 N–H and O–H groups in total. The van der Waals surface area contributed by atoms with Gasteiger partial charge in [0.2, 0.25) is 0 Å². The molecule has 27 heavy (non-hydrogen) atoms. The number of hydrogen-bond donors (Lipinski definition) is 1. The number of rotatable bonds is 8. The molecule has 0 atom stereocenters. The fourth-order valence-electron chi connectivity index (χ4n) is 3.03. The Bertz CT molecular complexity index is 618. The van der Waals surface area contributed by atoms with Gasteiger partial charge in [-0.3, -0.25) is 4.70 Å². The van der Waals surface area contributed by atoms with Crippen LogP contribution < -0.4 is 0 Å². The van der Waals surface area contributed by atoms with Crippen LogP contribution in [0, 0.1) is 13.8 Å². The van der Waals surface area contributed by atoms with Crippen molar-refractivity contribution >= 4 is 21.0 Å². The SMILES string of the molecule is CCCCCCCCS(=O)(=O)[O-].Cc1cc([S+]2CCCC2)cc(C)c1O.F. The molecular formula is C20H35FO4S2. The number of unbranched alkanes of at least 4 members (excludes halogenated alkanes) is 5. The minimum atomic E-state index is -3.97. The van der Waals surface area contributed by atoms with E-state index in [0.29, 0.717) is 23.1 Å². The fourth-order valence-corrected chi connectivity index (χ4v) is 6.06. The van der Waals surface area contributed by atoms with E-state index in [2.05, 4.69) is 19.1 Å². The standard InChI is InChI=1S/C12H16OS.C8H18O3S.FH/c1-9-7-11(8-10(2)12(9)13)14-5-3-4-6-14;1-2-3-4-5-6-7-8-12(9,10)11;/h7-8H,3-6H2,1-2H3;2-8H2,1H3,(H,9,10,11);1H. The summed E-state index contributed by atoms with van der Waals surface area (Å²) in [5, 5.41) is 9.68. The zero-order valence-corrected chi connectivity index (χ0v) is 18.5. The van der Waals surface area contributed by atoms with E-state index in [1.54, 1.807) is 0 Å². The highest BCUT2D eigenvalue weighted by atomic mass is 32.2. The Balaban J connectivity index is 0.000000491. The molecule has 0 spiro atoms. The summed E-state index contributed by atoms with van der Waals surface area (Å²) < 4.78 is 30.5. The average molecular weight is 423 g/mol. The topological polar surface area (TPSA) is 77.4 Å². The second-order valence-corrected chi connectivity index (χ2v) is 10.8. The van der Waals surface area contributed by atoms with Gasteiger partial charge in [-0.15, -0.1) is 0 Å². The van der Waals surface area contributed by atoms with Crippen LogP contribution in [0.1, 0.15) is 69.4 Å². The molecular weight excluding hydrogens is 387 g/mol. The van der Waals surface area contributed by atoms with Crippen molar-refractivity contribution in [1.29, 1.82) is 0 Å². The first-order chi connectivity index (χ1) is 12.2. The largest absolute Gasteiger partial charge is 0.748 e. The molecule has 0 aromatic heterocycles. The van der Waals surface area contributed by atoms with Crippen LogP contribution in [0.3, 0.4) is 0 Å². The van der Waals surface area contributed by atoms with Gasteiger partial charge in [0, 0.05) is 16.6 Å². The van der Waals surface area contributed by atoms with Gasteiger partial charge in [-0.1, -0.05) is 39.0 Å². The molecule has 1 aliphatic rings. The Kier molecular flexibility index (Phi) is 13.0. The summed E-state index contributed by atoms with van der Waals surface area (Å²) in [6.07, 6.45) is 8.71. The lowest BCUT2D eigenvalue weighted by Crippen LogP contribution is -2.04. The lowest BCUT2D eigenvalue weighted by atomic mass is 10.1. The van der Waals surface area contributed by atoms with E-state index in [-0.39, 0.29) is 10.5 Å². The molecule has 1 aliphatic heterocycles. The van der Waals surface area contributed by atoms with Crippen LogP contribution >= 0.6 is 0 Å². The molecule has 0 aliphatic carbocycles. The zero-order valence-electron chi connectivity index (χ0n) is 16.8. The highest BCUT2D eigenvalue weighted by molar-refractivity contribution is 7.97. The molecule has 0 amide bonds. The first-order valence-corrected chi connectivity index (χ1v) is 12.8. The predicted octanol–water partition coefficient (Wildman–Crippen LogP) is 4.82. The molecule has 0 bridgehead atoms. The Morgan fingerprint density at radius 2 is 1.48 bits per heavy atom. The number of halogens is 1. The molecule has 1 aromatic carbocycles. The van der Waals surface area contributed by atoms with Crippen molar-refractivity contribution in [3.8, 4) is 5.75 Å². The van der Waals surface area contributed by atoms with Crippen molar-refractivity contribution in [2.45, 2.75) is 77.0 Å². The molecule has 0 saturated carbocycles. The van der Waals surface area contributed by atoms with E-state index >= 15 is 0 Å². The Morgan fingerprint density at radius 1 is 1.00 bits per heavy atom. The molecule has 1 fully saturated rings. The lowest BCUT2D eigenvalue weighted by molar-refractivity contribution is 0.459. The van der Waals surface area contributed by atoms with Crippen molar-refractivity contribution in [2.75, 3.05) is 17.3 Å². The number of aromatic hydroxyl groups is 1. The Labute approximate surface area is 167 Å². The summed E-state index contributed by atoms with van der Waals surface area (Å²) in [5.41, 5.74) is 2.05. The summed E-state index contributed by atoms with van der Waals surface area (Å²) in [6.45, 7) is 6.11. The fraction of sp³-hybridized carbons (Fsp3) is 0.700. The molecule has 7 heteroatoms. The highest BCUT2D eigenvalue weighted by Gasteiger charge is 2.27. The van der Waals surface area contributed by atoms with Crippen molar-refractivity contribution in [3.63, 3.8) is 0 Å². The third-order valence-electron chi connectivity index (χ3n) is 4.58. The van der Waals surface area contributed by atoms with Gasteiger partial charge in [0.1, 0.15) is 17.3 Å². The maximum atomic E-state index is 10.2. The van der Waals surface area contributed by atoms with Crippen LogP contribution in [0.25, 0.3) is 0 Å². The number of phenolic OH excluding ortho intramolecular Hbond substituents is 1. The van der Waals surface area contributed by atoms with Gasteiger partial charge in [-0.05, 0) is 56.4 Å². The first kappa shape index (κ1) is 26.2. The van der Waals surface area contributed by atoms with Gasteiger partial charge in [-0.25, -0.2) is 8.42 Å². The Morgan fingerprint density at radius 3 is 1.96 bits per heavy atom. The molecule has 4 nitrogen and oxygen atoms in total. The van der Waals surface area contributed by atoms with E-state index in [0.717, 1.165) is 30.4 Å². The molecule has 158 valence electrons. The van der Waals surface area contributed by atoms with Crippen LogP contribution in [-0.4, -0.2) is 35.3 Å². The van der Waals surface area contributed by atoms with Gasteiger partial charge in [-0.2, -0.15) is 0 Å². The van der Waals surface area contributed by atoms with Crippen LogP contribution in [0.15, 0.2) is 17.0 Å². The van der Waals surface area contributed by atoms with Gasteiger partial charge in [0.05, 0.1) is 10.1 Å². The first-order valence-electron chi connectivity index (χ1n) is 9.66. The molecule has 0 radical (unpaired) electrons. The Hall–Kier alpha value is -0.790. The highest BCUT2D eigenvalue weighted by Crippen LogP contribution is 2.29. The monoisotopic (exact) mass is 422 g/mol. The predicted molar refractivity (Wildman–Crippen MR) is 113 cm³/mol. The molecule has 2 rings (SSSR count). The summed E-state index contributed by atoms with van der Waals surface area (Å²) in [5.74, 6) is 2.98. The smallest absolute Gasteiger partial charge is 0.155 e. The molecule has 0 unspecified atom stereocenters. The van der Waals surface area contributed by atoms with E-state index in [4.69, 9.17) is 0 Å². The maximum Gasteiger partial charge on any atom is 0.155 e. The molecule has 1 saturated heterocycles. The summed E-state index contributed by atoms with van der Waals surface area (Å²) >= 11 is 0. The van der Waals surface area contributed by atoms with Gasteiger partial charge < -0.3 is 9.66 Å². The second-order valence-electron chi connectivity index (χ2n) is 7.04. The van der Waals surface area contributed by atoms with E-state index in [9.17, 15) is 18.1 Å². The number of aryl methyl sites for hydroxylation is 2. The van der Waals surface area contributed by atoms with Gasteiger partial charge in [0.25, 0.3) is 0 Å². The van der Waals surface area contributed by atoms with Crippen LogP contribution in [0.4, 0.5) is 4.70 Å². The van der Waals surface area contributed by atoms with E-state index in [1.165, 1.54) is 42.1 Å². The van der Waals surface area contributed by atoms with Crippen LogP contribution in [0.5, 0.6) is 5.75 Å². The number of benzene rings is 1. The van der Waals surface area contributed by atoms with Crippen LogP contribution in [-0.2, 0) is 21.0 Å². The number of phenols is 1. The van der Waals surface area contributed by atoms with E-state index in [1.807, 2.05) is 13.8 Å². The maximum absolute atomic E-state index is 10.2. The van der Waals surface area contributed by atoms with Crippen molar-refractivity contribution in [2.24, 2.45) is 0 Å². The second kappa shape index (κ2) is 13.4. The number of hydrogen-bond acceptors (Lipinski definition) is 4.